The van der Waals surface area contributed by atoms with Crippen molar-refractivity contribution >= 4 is 27.9 Å². The van der Waals surface area contributed by atoms with E-state index in [-0.39, 0.29) is 0 Å². The van der Waals surface area contributed by atoms with Crippen molar-refractivity contribution < 1.29 is 4.74 Å². The highest BCUT2D eigenvalue weighted by molar-refractivity contribution is 7.15. The Morgan fingerprint density at radius 3 is 3.05 bits per heavy atom. The number of nitrogens with zero attached hydrogens (tertiary/aromatic N) is 2. The molecule has 0 unspecified atom stereocenters. The van der Waals surface area contributed by atoms with E-state index < -0.39 is 0 Å². The number of aromatic nitrogens is 2. The second-order valence-electron chi connectivity index (χ2n) is 4.66. The zero-order chi connectivity index (χ0) is 14.8. The van der Waals surface area contributed by atoms with E-state index in [1.54, 1.807) is 11.3 Å². The van der Waals surface area contributed by atoms with Gasteiger partial charge < -0.3 is 10.1 Å². The SMILES string of the molecule is CCc1cc(Oc2nc3sccn3c2CNC)ccc1Cl. The molecule has 2 aromatic heterocycles. The minimum absolute atomic E-state index is 0.639. The van der Waals surface area contributed by atoms with Gasteiger partial charge in [-0.2, -0.15) is 4.98 Å². The van der Waals surface area contributed by atoms with E-state index in [4.69, 9.17) is 16.3 Å². The number of fused-ring (bicyclic) bond motifs is 1. The van der Waals surface area contributed by atoms with E-state index in [0.717, 1.165) is 33.4 Å². The molecule has 0 radical (unpaired) electrons. The van der Waals surface area contributed by atoms with E-state index in [2.05, 4.69) is 17.2 Å². The number of halogens is 1. The maximum Gasteiger partial charge on any atom is 0.243 e. The minimum Gasteiger partial charge on any atom is -0.437 e. The Morgan fingerprint density at radius 2 is 2.29 bits per heavy atom. The third kappa shape index (κ3) is 2.77. The zero-order valence-corrected chi connectivity index (χ0v) is 13.5. The van der Waals surface area contributed by atoms with Gasteiger partial charge in [-0.25, -0.2) is 0 Å². The predicted octanol–water partition coefficient (Wildman–Crippen LogP) is 4.12. The second kappa shape index (κ2) is 6.05. The molecule has 0 amide bonds. The van der Waals surface area contributed by atoms with Gasteiger partial charge in [0.2, 0.25) is 5.88 Å². The summed E-state index contributed by atoms with van der Waals surface area (Å²) in [6.07, 6.45) is 2.88. The van der Waals surface area contributed by atoms with E-state index in [1.165, 1.54) is 0 Å². The number of hydrogen-bond acceptors (Lipinski definition) is 4. The van der Waals surface area contributed by atoms with Crippen LogP contribution in [0.4, 0.5) is 0 Å². The van der Waals surface area contributed by atoms with Gasteiger partial charge in [0.1, 0.15) is 11.4 Å². The maximum atomic E-state index is 6.14. The molecule has 1 N–H and O–H groups in total. The van der Waals surface area contributed by atoms with E-state index in [9.17, 15) is 0 Å². The van der Waals surface area contributed by atoms with E-state index in [0.29, 0.717) is 12.4 Å². The molecule has 21 heavy (non-hydrogen) atoms. The first-order chi connectivity index (χ1) is 10.2. The summed E-state index contributed by atoms with van der Waals surface area (Å²) in [5.74, 6) is 1.40. The minimum atomic E-state index is 0.639. The molecule has 110 valence electrons. The number of rotatable bonds is 5. The fourth-order valence-electron chi connectivity index (χ4n) is 2.22. The van der Waals surface area contributed by atoms with Crippen LogP contribution in [0.5, 0.6) is 11.6 Å². The summed E-state index contributed by atoms with van der Waals surface area (Å²) in [4.78, 5) is 5.48. The topological polar surface area (TPSA) is 38.6 Å². The van der Waals surface area contributed by atoms with Gasteiger partial charge in [0.05, 0.1) is 0 Å². The van der Waals surface area contributed by atoms with Gasteiger partial charge in [0, 0.05) is 23.1 Å². The number of imidazole rings is 1. The van der Waals surface area contributed by atoms with Crippen LogP contribution in [-0.4, -0.2) is 16.4 Å². The predicted molar refractivity (Wildman–Crippen MR) is 86.7 cm³/mol. The van der Waals surface area contributed by atoms with Crippen LogP contribution in [0.25, 0.3) is 4.96 Å². The van der Waals surface area contributed by atoms with Crippen molar-refractivity contribution in [3.63, 3.8) is 0 Å². The lowest BCUT2D eigenvalue weighted by Crippen LogP contribution is -2.08. The molecule has 0 bridgehead atoms. The van der Waals surface area contributed by atoms with Gasteiger partial charge in [-0.1, -0.05) is 18.5 Å². The smallest absolute Gasteiger partial charge is 0.243 e. The first-order valence-electron chi connectivity index (χ1n) is 6.78. The molecule has 0 aliphatic rings. The molecule has 0 aliphatic heterocycles. The van der Waals surface area contributed by atoms with Crippen LogP contribution < -0.4 is 10.1 Å². The van der Waals surface area contributed by atoms with Crippen LogP contribution in [0.1, 0.15) is 18.2 Å². The Bertz CT molecular complexity index is 765. The van der Waals surface area contributed by atoms with Crippen molar-refractivity contribution in [2.75, 3.05) is 7.05 Å². The molecular weight excluding hydrogens is 306 g/mol. The van der Waals surface area contributed by atoms with Crippen LogP contribution in [0, 0.1) is 0 Å². The molecule has 2 heterocycles. The molecule has 1 aromatic carbocycles. The average molecular weight is 322 g/mol. The number of hydrogen-bond donors (Lipinski definition) is 1. The van der Waals surface area contributed by atoms with Gasteiger partial charge in [-0.3, -0.25) is 4.40 Å². The largest absolute Gasteiger partial charge is 0.437 e. The lowest BCUT2D eigenvalue weighted by Gasteiger charge is -2.08. The van der Waals surface area contributed by atoms with Crippen molar-refractivity contribution in [2.45, 2.75) is 19.9 Å². The van der Waals surface area contributed by atoms with Gasteiger partial charge in [0.15, 0.2) is 4.96 Å². The Labute approximate surface area is 132 Å². The Morgan fingerprint density at radius 1 is 1.43 bits per heavy atom. The molecule has 0 aliphatic carbocycles. The van der Waals surface area contributed by atoms with E-state index >= 15 is 0 Å². The van der Waals surface area contributed by atoms with Crippen LogP contribution in [0.2, 0.25) is 5.02 Å². The molecule has 3 rings (SSSR count). The van der Waals surface area contributed by atoms with Gasteiger partial charge in [-0.05, 0) is 37.2 Å². The molecule has 4 nitrogen and oxygen atoms in total. The molecule has 6 heteroatoms. The van der Waals surface area contributed by atoms with Gasteiger partial charge in [0.25, 0.3) is 0 Å². The summed E-state index contributed by atoms with van der Waals surface area (Å²) in [7, 11) is 1.91. The number of ether oxygens (including phenoxy) is 1. The van der Waals surface area contributed by atoms with Crippen molar-refractivity contribution in [1.82, 2.24) is 14.7 Å². The van der Waals surface area contributed by atoms with E-state index in [1.807, 2.05) is 41.2 Å². The highest BCUT2D eigenvalue weighted by Crippen LogP contribution is 2.30. The molecule has 0 saturated carbocycles. The first-order valence-corrected chi connectivity index (χ1v) is 8.04. The highest BCUT2D eigenvalue weighted by atomic mass is 35.5. The molecule has 0 atom stereocenters. The lowest BCUT2D eigenvalue weighted by molar-refractivity contribution is 0.456. The quantitative estimate of drug-likeness (QED) is 0.768. The fourth-order valence-corrected chi connectivity index (χ4v) is 3.20. The summed E-state index contributed by atoms with van der Waals surface area (Å²) in [6, 6.07) is 5.71. The first kappa shape index (κ1) is 14.4. The molecule has 0 spiro atoms. The lowest BCUT2D eigenvalue weighted by atomic mass is 10.1. The average Bonchev–Trinajstić information content (AvgIpc) is 3.04. The third-order valence-corrected chi connectivity index (χ3v) is 4.41. The summed E-state index contributed by atoms with van der Waals surface area (Å²) in [6.45, 7) is 2.77. The molecule has 0 fully saturated rings. The van der Waals surface area contributed by atoms with Crippen LogP contribution in [0.15, 0.2) is 29.8 Å². The molecule has 3 aromatic rings. The van der Waals surface area contributed by atoms with Crippen LogP contribution in [0.3, 0.4) is 0 Å². The number of nitrogens with one attached hydrogen (secondary N) is 1. The van der Waals surface area contributed by atoms with Crippen LogP contribution >= 0.6 is 22.9 Å². The van der Waals surface area contributed by atoms with Crippen molar-refractivity contribution in [2.24, 2.45) is 0 Å². The van der Waals surface area contributed by atoms with Gasteiger partial charge >= 0.3 is 0 Å². The number of benzene rings is 1. The number of thiazole rings is 1. The normalized spacial score (nSPS) is 11.2. The van der Waals surface area contributed by atoms with Crippen molar-refractivity contribution in [1.29, 1.82) is 0 Å². The molecular formula is C15H16ClN3OS. The monoisotopic (exact) mass is 321 g/mol. The Hall–Kier alpha value is -1.56. The van der Waals surface area contributed by atoms with Crippen molar-refractivity contribution in [3.8, 4) is 11.6 Å². The van der Waals surface area contributed by atoms with Crippen LogP contribution in [-0.2, 0) is 13.0 Å². The summed E-state index contributed by atoms with van der Waals surface area (Å²) < 4.78 is 8.03. The Balaban J connectivity index is 1.97. The highest BCUT2D eigenvalue weighted by Gasteiger charge is 2.15. The summed E-state index contributed by atoms with van der Waals surface area (Å²) in [5, 5.41) is 5.94. The third-order valence-electron chi connectivity index (χ3n) is 3.28. The summed E-state index contributed by atoms with van der Waals surface area (Å²) >= 11 is 7.74. The number of aryl methyl sites for hydroxylation is 1. The standard InChI is InChI=1S/C15H16ClN3OS/c1-3-10-8-11(4-5-12(10)16)20-14-13(9-17-2)19-6-7-21-15(19)18-14/h4-8,17H,3,9H2,1-2H3. The van der Waals surface area contributed by atoms with Gasteiger partial charge in [-0.15, -0.1) is 11.3 Å². The maximum absolute atomic E-state index is 6.14. The van der Waals surface area contributed by atoms with Crippen molar-refractivity contribution in [3.05, 3.63) is 46.1 Å². The fraction of sp³-hybridized carbons (Fsp3) is 0.267. The summed E-state index contributed by atoms with van der Waals surface area (Å²) in [5.41, 5.74) is 2.09. The zero-order valence-electron chi connectivity index (χ0n) is 11.9. The Kier molecular flexibility index (Phi) is 4.14. The molecule has 0 saturated heterocycles. The second-order valence-corrected chi connectivity index (χ2v) is 5.94.